The smallest absolute Gasteiger partial charge is 0.267 e. The van der Waals surface area contributed by atoms with Crippen molar-refractivity contribution in [3.8, 4) is 11.3 Å². The minimum absolute atomic E-state index is 0.298. The van der Waals surface area contributed by atoms with Gasteiger partial charge in [-0.05, 0) is 41.9 Å². The van der Waals surface area contributed by atoms with E-state index in [2.05, 4.69) is 9.69 Å². The summed E-state index contributed by atoms with van der Waals surface area (Å²) in [5.74, 6) is -0.638. The molecule has 0 bridgehead atoms. The summed E-state index contributed by atoms with van der Waals surface area (Å²) in [6.45, 7) is 0. The molecule has 0 fully saturated rings. The fraction of sp³-hybridized carbons (Fsp3) is 0. The summed E-state index contributed by atoms with van der Waals surface area (Å²) >= 11 is 7.06. The summed E-state index contributed by atoms with van der Waals surface area (Å²) in [5, 5.41) is 3.19. The van der Waals surface area contributed by atoms with Crippen LogP contribution in [-0.4, -0.2) is 10.3 Å². The van der Waals surface area contributed by atoms with Crippen molar-refractivity contribution >= 4 is 34.7 Å². The maximum absolute atomic E-state index is 13.2. The minimum Gasteiger partial charge on any atom is -0.320 e. The number of carbonyl (C=O) groups excluding carboxylic acids is 1. The molecule has 1 aromatic heterocycles. The van der Waals surface area contributed by atoms with E-state index in [1.807, 2.05) is 0 Å². The first kappa shape index (κ1) is 14.7. The molecule has 0 spiro atoms. The Labute approximate surface area is 135 Å². The SMILES string of the molecule is O=C(Nc1ccccc1Cl)c1cc(-c2cccc(F)c2)ns1. The summed E-state index contributed by atoms with van der Waals surface area (Å²) in [4.78, 5) is 12.6. The molecule has 0 saturated carbocycles. The van der Waals surface area contributed by atoms with Crippen LogP contribution >= 0.6 is 23.1 Å². The molecule has 3 rings (SSSR count). The van der Waals surface area contributed by atoms with E-state index in [0.717, 1.165) is 11.5 Å². The molecular weight excluding hydrogens is 323 g/mol. The lowest BCUT2D eigenvalue weighted by Gasteiger charge is -2.04. The number of aromatic nitrogens is 1. The lowest BCUT2D eigenvalue weighted by Crippen LogP contribution is -2.10. The minimum atomic E-state index is -0.340. The van der Waals surface area contributed by atoms with E-state index < -0.39 is 0 Å². The number of hydrogen-bond acceptors (Lipinski definition) is 3. The second-order valence-electron chi connectivity index (χ2n) is 4.52. The zero-order valence-electron chi connectivity index (χ0n) is 11.2. The molecule has 1 N–H and O–H groups in total. The average Bonchev–Trinajstić information content (AvgIpc) is 2.99. The highest BCUT2D eigenvalue weighted by Crippen LogP contribution is 2.25. The van der Waals surface area contributed by atoms with Gasteiger partial charge in [0.25, 0.3) is 5.91 Å². The van der Waals surface area contributed by atoms with Gasteiger partial charge in [-0.15, -0.1) is 0 Å². The highest BCUT2D eigenvalue weighted by molar-refractivity contribution is 7.08. The van der Waals surface area contributed by atoms with Gasteiger partial charge in [-0.1, -0.05) is 35.9 Å². The largest absolute Gasteiger partial charge is 0.320 e. The molecule has 0 unspecified atom stereocenters. The zero-order chi connectivity index (χ0) is 15.5. The van der Waals surface area contributed by atoms with E-state index in [4.69, 9.17) is 11.6 Å². The average molecular weight is 333 g/mol. The lowest BCUT2D eigenvalue weighted by molar-refractivity contribution is 0.103. The van der Waals surface area contributed by atoms with Gasteiger partial charge >= 0.3 is 0 Å². The second kappa shape index (κ2) is 6.25. The Morgan fingerprint density at radius 1 is 1.14 bits per heavy atom. The van der Waals surface area contributed by atoms with Gasteiger partial charge in [0.05, 0.1) is 16.4 Å². The van der Waals surface area contributed by atoms with Crippen LogP contribution in [-0.2, 0) is 0 Å². The van der Waals surface area contributed by atoms with Gasteiger partial charge in [0.2, 0.25) is 0 Å². The van der Waals surface area contributed by atoms with Crippen LogP contribution in [0.15, 0.2) is 54.6 Å². The Kier molecular flexibility index (Phi) is 4.18. The number of rotatable bonds is 3. The van der Waals surface area contributed by atoms with Crippen LogP contribution in [0, 0.1) is 5.82 Å². The first-order valence-corrected chi connectivity index (χ1v) is 7.57. The zero-order valence-corrected chi connectivity index (χ0v) is 12.8. The number of para-hydroxylation sites is 1. The first-order chi connectivity index (χ1) is 10.6. The molecular formula is C16H10ClFN2OS. The predicted octanol–water partition coefficient (Wildman–Crippen LogP) is 4.85. The van der Waals surface area contributed by atoms with Crippen LogP contribution in [0.1, 0.15) is 9.67 Å². The van der Waals surface area contributed by atoms with Crippen LogP contribution in [0.4, 0.5) is 10.1 Å². The van der Waals surface area contributed by atoms with Crippen LogP contribution < -0.4 is 5.32 Å². The van der Waals surface area contributed by atoms with Gasteiger partial charge < -0.3 is 5.32 Å². The summed E-state index contributed by atoms with van der Waals surface area (Å²) < 4.78 is 17.4. The Balaban J connectivity index is 1.82. The number of nitrogens with zero attached hydrogens (tertiary/aromatic N) is 1. The molecule has 22 heavy (non-hydrogen) atoms. The van der Waals surface area contributed by atoms with Crippen molar-refractivity contribution in [1.29, 1.82) is 0 Å². The Morgan fingerprint density at radius 2 is 1.95 bits per heavy atom. The monoisotopic (exact) mass is 332 g/mol. The summed E-state index contributed by atoms with van der Waals surface area (Å²) in [6.07, 6.45) is 0. The van der Waals surface area contributed by atoms with Crippen molar-refractivity contribution in [3.05, 3.63) is 70.3 Å². The summed E-state index contributed by atoms with van der Waals surface area (Å²) in [6, 6.07) is 14.7. The molecule has 0 aliphatic rings. The van der Waals surface area contributed by atoms with Gasteiger partial charge in [-0.2, -0.15) is 4.37 Å². The van der Waals surface area contributed by atoms with Gasteiger partial charge in [0.1, 0.15) is 10.7 Å². The quantitative estimate of drug-likeness (QED) is 0.744. The van der Waals surface area contributed by atoms with Crippen molar-refractivity contribution < 1.29 is 9.18 Å². The van der Waals surface area contributed by atoms with Crippen molar-refractivity contribution in [3.63, 3.8) is 0 Å². The summed E-state index contributed by atoms with van der Waals surface area (Å²) in [7, 11) is 0. The predicted molar refractivity (Wildman–Crippen MR) is 86.9 cm³/mol. The fourth-order valence-corrected chi connectivity index (χ4v) is 2.75. The van der Waals surface area contributed by atoms with Crippen LogP contribution in [0.2, 0.25) is 5.02 Å². The van der Waals surface area contributed by atoms with E-state index in [1.54, 1.807) is 42.5 Å². The molecule has 3 aromatic rings. The van der Waals surface area contributed by atoms with Gasteiger partial charge in [0, 0.05) is 5.56 Å². The standard InChI is InChI=1S/C16H10ClFN2OS/c17-12-6-1-2-7-13(12)19-16(21)15-9-14(20-22-15)10-4-3-5-11(18)8-10/h1-9H,(H,19,21). The first-order valence-electron chi connectivity index (χ1n) is 6.42. The molecule has 6 heteroatoms. The number of hydrogen-bond donors (Lipinski definition) is 1. The molecule has 1 amide bonds. The maximum Gasteiger partial charge on any atom is 0.267 e. The third kappa shape index (κ3) is 3.16. The van der Waals surface area contributed by atoms with Crippen LogP contribution in [0.5, 0.6) is 0 Å². The Morgan fingerprint density at radius 3 is 2.73 bits per heavy atom. The number of nitrogens with one attached hydrogen (secondary N) is 1. The van der Waals surface area contributed by atoms with E-state index in [9.17, 15) is 9.18 Å². The number of carbonyl (C=O) groups is 1. The van der Waals surface area contributed by atoms with Gasteiger partial charge in [-0.25, -0.2) is 4.39 Å². The molecule has 0 saturated heterocycles. The number of benzene rings is 2. The Hall–Kier alpha value is -2.24. The highest BCUT2D eigenvalue weighted by Gasteiger charge is 2.13. The topological polar surface area (TPSA) is 42.0 Å². The highest BCUT2D eigenvalue weighted by atomic mass is 35.5. The molecule has 0 aliphatic heterocycles. The van der Waals surface area contributed by atoms with Crippen LogP contribution in [0.3, 0.4) is 0 Å². The number of amides is 1. The molecule has 3 nitrogen and oxygen atoms in total. The van der Waals surface area contributed by atoms with Crippen LogP contribution in [0.25, 0.3) is 11.3 Å². The number of halogens is 2. The van der Waals surface area contributed by atoms with E-state index in [-0.39, 0.29) is 11.7 Å². The van der Waals surface area contributed by atoms with E-state index in [1.165, 1.54) is 12.1 Å². The molecule has 1 heterocycles. The Bertz CT molecular complexity index is 834. The van der Waals surface area contributed by atoms with Crippen molar-refractivity contribution in [2.45, 2.75) is 0 Å². The van der Waals surface area contributed by atoms with Crippen molar-refractivity contribution in [2.75, 3.05) is 5.32 Å². The van der Waals surface area contributed by atoms with Crippen molar-refractivity contribution in [1.82, 2.24) is 4.37 Å². The summed E-state index contributed by atoms with van der Waals surface area (Å²) in [5.41, 5.74) is 1.73. The van der Waals surface area contributed by atoms with E-state index >= 15 is 0 Å². The third-order valence-corrected chi connectivity index (χ3v) is 4.09. The third-order valence-electron chi connectivity index (χ3n) is 2.98. The molecule has 0 aliphatic carbocycles. The second-order valence-corrected chi connectivity index (χ2v) is 5.73. The fourth-order valence-electron chi connectivity index (χ4n) is 1.91. The maximum atomic E-state index is 13.2. The lowest BCUT2D eigenvalue weighted by atomic mass is 10.1. The van der Waals surface area contributed by atoms with E-state index in [0.29, 0.717) is 26.8 Å². The molecule has 110 valence electrons. The van der Waals surface area contributed by atoms with Gasteiger partial charge in [0.15, 0.2) is 0 Å². The molecule has 0 atom stereocenters. The van der Waals surface area contributed by atoms with Gasteiger partial charge in [-0.3, -0.25) is 4.79 Å². The molecule has 2 aromatic carbocycles. The number of anilines is 1. The molecule has 0 radical (unpaired) electrons. The van der Waals surface area contributed by atoms with Crippen molar-refractivity contribution in [2.24, 2.45) is 0 Å². The normalized spacial score (nSPS) is 10.5.